The summed E-state index contributed by atoms with van der Waals surface area (Å²) >= 11 is 0. The molecular formula is C28H21FN4O3. The summed E-state index contributed by atoms with van der Waals surface area (Å²) < 4.78 is 13.6. The van der Waals surface area contributed by atoms with Crippen LogP contribution in [0.4, 0.5) is 15.8 Å². The van der Waals surface area contributed by atoms with Crippen molar-refractivity contribution >= 4 is 40.0 Å². The molecule has 1 aromatic heterocycles. The number of H-pyrrole nitrogens is 1. The maximum Gasteiger partial charge on any atom is 0.250 e. The second kappa shape index (κ2) is 7.35. The molecule has 7 rings (SSSR count). The summed E-state index contributed by atoms with van der Waals surface area (Å²) in [5.74, 6) is -3.36. The highest BCUT2D eigenvalue weighted by molar-refractivity contribution is 6.25. The molecule has 0 radical (unpaired) electrons. The summed E-state index contributed by atoms with van der Waals surface area (Å²) in [5, 5.41) is 7.40. The van der Waals surface area contributed by atoms with Crippen LogP contribution in [-0.2, 0) is 26.3 Å². The second-order valence-corrected chi connectivity index (χ2v) is 9.61. The van der Waals surface area contributed by atoms with Crippen LogP contribution in [0.5, 0.6) is 0 Å². The van der Waals surface area contributed by atoms with E-state index < -0.39 is 35.1 Å². The number of fused-ring (bicyclic) bond motifs is 5. The van der Waals surface area contributed by atoms with Crippen LogP contribution >= 0.6 is 0 Å². The minimum absolute atomic E-state index is 0.300. The van der Waals surface area contributed by atoms with E-state index in [1.165, 1.54) is 24.3 Å². The zero-order valence-corrected chi connectivity index (χ0v) is 19.0. The summed E-state index contributed by atoms with van der Waals surface area (Å²) in [5.41, 5.74) is 2.18. The van der Waals surface area contributed by atoms with E-state index >= 15 is 0 Å². The molecule has 0 bridgehead atoms. The Morgan fingerprint density at radius 1 is 0.889 bits per heavy atom. The van der Waals surface area contributed by atoms with Crippen LogP contribution in [0.25, 0.3) is 10.9 Å². The third-order valence-electron chi connectivity index (χ3n) is 7.82. The summed E-state index contributed by atoms with van der Waals surface area (Å²) in [4.78, 5) is 45.8. The monoisotopic (exact) mass is 480 g/mol. The number of para-hydroxylation sites is 2. The summed E-state index contributed by atoms with van der Waals surface area (Å²) in [6.45, 7) is 0. The fourth-order valence-electron chi connectivity index (χ4n) is 6.32. The Morgan fingerprint density at radius 2 is 1.64 bits per heavy atom. The first-order valence-corrected chi connectivity index (χ1v) is 11.9. The van der Waals surface area contributed by atoms with E-state index in [1.54, 1.807) is 6.07 Å². The summed E-state index contributed by atoms with van der Waals surface area (Å²) in [6, 6.07) is 19.9. The Labute approximate surface area is 205 Å². The van der Waals surface area contributed by atoms with Gasteiger partial charge in [0.15, 0.2) is 0 Å². The number of carbonyl (C=O) groups is 3. The largest absolute Gasteiger partial charge is 0.361 e. The Hall–Kier alpha value is -4.30. The summed E-state index contributed by atoms with van der Waals surface area (Å²) in [7, 11) is 0. The van der Waals surface area contributed by atoms with Gasteiger partial charge in [-0.15, -0.1) is 0 Å². The average Bonchev–Trinajstić information content (AvgIpc) is 3.59. The molecular weight excluding hydrogens is 459 g/mol. The number of amides is 3. The number of nitrogens with zero attached hydrogens (tertiary/aromatic N) is 1. The lowest BCUT2D eigenvalue weighted by Gasteiger charge is -2.29. The number of benzene rings is 3. The van der Waals surface area contributed by atoms with Gasteiger partial charge in [-0.1, -0.05) is 36.4 Å². The van der Waals surface area contributed by atoms with Crippen LogP contribution in [0.15, 0.2) is 79.0 Å². The van der Waals surface area contributed by atoms with Gasteiger partial charge >= 0.3 is 0 Å². The summed E-state index contributed by atoms with van der Waals surface area (Å²) in [6.07, 6.45) is 2.35. The SMILES string of the molecule is O=C1[C@@H]2[C@H](Cc3c[nH]c4ccccc34)N[C@]3(C(=O)Nc4ccccc43)[C@@H]2C(=O)N1c1ccc(F)cc1. The molecule has 3 aromatic carbocycles. The van der Waals surface area contributed by atoms with E-state index in [9.17, 15) is 18.8 Å². The van der Waals surface area contributed by atoms with Crippen molar-refractivity contribution in [2.45, 2.75) is 18.0 Å². The topological polar surface area (TPSA) is 94.3 Å². The molecule has 4 atom stereocenters. The van der Waals surface area contributed by atoms with E-state index in [-0.39, 0.29) is 11.8 Å². The molecule has 0 saturated carbocycles. The van der Waals surface area contributed by atoms with Gasteiger partial charge in [0.25, 0.3) is 0 Å². The first-order valence-electron chi connectivity index (χ1n) is 11.9. The third-order valence-corrected chi connectivity index (χ3v) is 7.82. The molecule has 2 fully saturated rings. The van der Waals surface area contributed by atoms with Crippen LogP contribution < -0.4 is 15.5 Å². The highest BCUT2D eigenvalue weighted by Gasteiger charge is 2.70. The van der Waals surface area contributed by atoms with Gasteiger partial charge in [0, 0.05) is 34.4 Å². The maximum atomic E-state index is 13.9. The van der Waals surface area contributed by atoms with Crippen LogP contribution in [0.3, 0.4) is 0 Å². The number of hydrogen-bond acceptors (Lipinski definition) is 4. The zero-order chi connectivity index (χ0) is 24.6. The van der Waals surface area contributed by atoms with Crippen LogP contribution in [0.1, 0.15) is 11.1 Å². The first kappa shape index (κ1) is 21.0. The highest BCUT2D eigenvalue weighted by Crippen LogP contribution is 2.54. The standard InChI is InChI=1S/C28H21FN4O3/c29-16-9-11-17(12-10-16)33-25(34)23-22(13-15-14-30-20-7-3-1-5-18(15)20)32-28(24(23)26(33)35)19-6-2-4-8-21(19)31-27(28)36/h1-12,14,22-24,30,32H,13H2,(H,31,36)/t22-,23+,24-,28-/m0/s1. The number of rotatable bonds is 3. The predicted octanol–water partition coefficient (Wildman–Crippen LogP) is 3.47. The Bertz CT molecular complexity index is 1580. The molecule has 4 aromatic rings. The predicted molar refractivity (Wildman–Crippen MR) is 132 cm³/mol. The van der Waals surface area contributed by atoms with Gasteiger partial charge in [0.1, 0.15) is 11.4 Å². The quantitative estimate of drug-likeness (QED) is 0.392. The number of aromatic amines is 1. The van der Waals surface area contributed by atoms with Crippen molar-refractivity contribution in [3.8, 4) is 0 Å². The number of anilines is 2. The van der Waals surface area contributed by atoms with Crippen molar-refractivity contribution in [3.05, 3.63) is 95.9 Å². The molecule has 7 nitrogen and oxygen atoms in total. The molecule has 3 N–H and O–H groups in total. The molecule has 0 aliphatic carbocycles. The van der Waals surface area contributed by atoms with Gasteiger partial charge in [0.05, 0.1) is 17.5 Å². The van der Waals surface area contributed by atoms with Gasteiger partial charge in [-0.25, -0.2) is 9.29 Å². The number of aromatic nitrogens is 1. The van der Waals surface area contributed by atoms with Gasteiger partial charge in [-0.3, -0.25) is 19.7 Å². The van der Waals surface area contributed by atoms with Gasteiger partial charge in [-0.05, 0) is 48.4 Å². The van der Waals surface area contributed by atoms with E-state index in [2.05, 4.69) is 15.6 Å². The van der Waals surface area contributed by atoms with Crippen molar-refractivity contribution in [1.29, 1.82) is 0 Å². The minimum Gasteiger partial charge on any atom is -0.361 e. The molecule has 2 saturated heterocycles. The van der Waals surface area contributed by atoms with E-state index in [0.717, 1.165) is 21.4 Å². The fourth-order valence-corrected chi connectivity index (χ4v) is 6.32. The molecule has 4 heterocycles. The van der Waals surface area contributed by atoms with Crippen molar-refractivity contribution in [2.24, 2.45) is 11.8 Å². The van der Waals surface area contributed by atoms with Crippen LogP contribution in [-0.4, -0.2) is 28.7 Å². The number of halogens is 1. The van der Waals surface area contributed by atoms with Crippen molar-refractivity contribution in [3.63, 3.8) is 0 Å². The lowest BCUT2D eigenvalue weighted by atomic mass is 9.76. The second-order valence-electron chi connectivity index (χ2n) is 9.61. The van der Waals surface area contributed by atoms with E-state index in [0.29, 0.717) is 23.4 Å². The number of hydrogen-bond donors (Lipinski definition) is 3. The first-order chi connectivity index (χ1) is 17.5. The average molecular weight is 480 g/mol. The lowest BCUT2D eigenvalue weighted by molar-refractivity contribution is -0.130. The Kier molecular flexibility index (Phi) is 4.29. The van der Waals surface area contributed by atoms with Crippen molar-refractivity contribution in [1.82, 2.24) is 10.3 Å². The molecule has 8 heteroatoms. The van der Waals surface area contributed by atoms with E-state index in [4.69, 9.17) is 0 Å². The molecule has 3 amide bonds. The van der Waals surface area contributed by atoms with Gasteiger partial charge in [-0.2, -0.15) is 0 Å². The Morgan fingerprint density at radius 3 is 2.47 bits per heavy atom. The van der Waals surface area contributed by atoms with Crippen LogP contribution in [0, 0.1) is 17.7 Å². The normalized spacial score (nSPS) is 26.6. The molecule has 3 aliphatic rings. The third kappa shape index (κ3) is 2.67. The number of nitrogens with one attached hydrogen (secondary N) is 3. The maximum absolute atomic E-state index is 13.9. The number of carbonyl (C=O) groups excluding carboxylic acids is 3. The zero-order valence-electron chi connectivity index (χ0n) is 19.0. The smallest absolute Gasteiger partial charge is 0.250 e. The Balaban J connectivity index is 1.37. The fraction of sp³-hybridized carbons (Fsp3) is 0.179. The van der Waals surface area contributed by atoms with E-state index in [1.807, 2.05) is 48.7 Å². The molecule has 0 unspecified atom stereocenters. The van der Waals surface area contributed by atoms with Crippen molar-refractivity contribution in [2.75, 3.05) is 10.2 Å². The van der Waals surface area contributed by atoms with Gasteiger partial charge < -0.3 is 10.3 Å². The lowest BCUT2D eigenvalue weighted by Crippen LogP contribution is -2.53. The molecule has 3 aliphatic heterocycles. The van der Waals surface area contributed by atoms with Crippen molar-refractivity contribution < 1.29 is 18.8 Å². The van der Waals surface area contributed by atoms with Gasteiger partial charge in [0.2, 0.25) is 17.7 Å². The minimum atomic E-state index is -1.38. The molecule has 178 valence electrons. The van der Waals surface area contributed by atoms with Crippen LogP contribution in [0.2, 0.25) is 0 Å². The highest BCUT2D eigenvalue weighted by atomic mass is 19.1. The number of imide groups is 1. The molecule has 36 heavy (non-hydrogen) atoms. The molecule has 1 spiro atoms.